The highest BCUT2D eigenvalue weighted by Crippen LogP contribution is 2.30. The maximum absolute atomic E-state index is 14.0. The molecule has 2 aromatic rings. The molecule has 2 unspecified atom stereocenters. The molecule has 1 heterocycles. The summed E-state index contributed by atoms with van der Waals surface area (Å²) in [5.41, 5.74) is 3.37. The van der Waals surface area contributed by atoms with Crippen molar-refractivity contribution in [3.8, 4) is 0 Å². The Labute approximate surface area is 229 Å². The third kappa shape index (κ3) is 6.82. The van der Waals surface area contributed by atoms with Crippen LogP contribution in [-0.2, 0) is 11.2 Å². The van der Waals surface area contributed by atoms with E-state index in [9.17, 15) is 9.59 Å². The Kier molecular flexibility index (Phi) is 10.5. The molecule has 1 saturated heterocycles. The van der Waals surface area contributed by atoms with Crippen LogP contribution >= 0.6 is 0 Å². The van der Waals surface area contributed by atoms with Crippen molar-refractivity contribution < 1.29 is 9.59 Å². The quantitative estimate of drug-likeness (QED) is 0.433. The van der Waals surface area contributed by atoms with Gasteiger partial charge in [-0.25, -0.2) is 0 Å². The van der Waals surface area contributed by atoms with Crippen LogP contribution in [0.25, 0.3) is 0 Å². The summed E-state index contributed by atoms with van der Waals surface area (Å²) in [5.74, 6) is 0.0456. The van der Waals surface area contributed by atoms with Crippen molar-refractivity contribution in [1.82, 2.24) is 20.0 Å². The molecule has 0 bridgehead atoms. The van der Waals surface area contributed by atoms with E-state index in [1.807, 2.05) is 59.4 Å². The average Bonchev–Trinajstić information content (AvgIpc) is 2.94. The second-order valence-corrected chi connectivity index (χ2v) is 10.9. The molecule has 1 N–H and O–H groups in total. The number of rotatable bonds is 12. The van der Waals surface area contributed by atoms with Gasteiger partial charge in [-0.1, -0.05) is 31.2 Å². The lowest BCUT2D eigenvalue weighted by molar-refractivity contribution is -0.131. The number of hydrogen-bond acceptors (Lipinski definition) is 6. The Bertz CT molecular complexity index is 1040. The summed E-state index contributed by atoms with van der Waals surface area (Å²) in [6.45, 7) is 9.62. The highest BCUT2D eigenvalue weighted by Gasteiger charge is 2.39. The number of hydrogen-bond donors (Lipinski definition) is 1. The number of amides is 1. The third-order valence-corrected chi connectivity index (χ3v) is 8.28. The van der Waals surface area contributed by atoms with E-state index in [-0.39, 0.29) is 17.6 Å². The topological polar surface area (TPSA) is 59.1 Å². The number of carbonyl (C=O) groups excluding carboxylic acids is 2. The Morgan fingerprint density at radius 1 is 0.974 bits per heavy atom. The van der Waals surface area contributed by atoms with Crippen molar-refractivity contribution in [2.75, 3.05) is 79.4 Å². The van der Waals surface area contributed by atoms with Crippen LogP contribution in [-0.4, -0.2) is 106 Å². The maximum atomic E-state index is 14.0. The van der Waals surface area contributed by atoms with E-state index in [4.69, 9.17) is 0 Å². The van der Waals surface area contributed by atoms with Crippen LogP contribution in [0.2, 0.25) is 0 Å². The zero-order chi connectivity index (χ0) is 27.9. The van der Waals surface area contributed by atoms with Crippen LogP contribution in [0.15, 0.2) is 48.5 Å². The van der Waals surface area contributed by atoms with Gasteiger partial charge in [0.2, 0.25) is 5.91 Å². The molecule has 0 radical (unpaired) electrons. The van der Waals surface area contributed by atoms with Crippen molar-refractivity contribution in [2.45, 2.75) is 38.1 Å². The lowest BCUT2D eigenvalue weighted by Crippen LogP contribution is -2.52. The van der Waals surface area contributed by atoms with Gasteiger partial charge in [0.15, 0.2) is 5.78 Å². The number of piperazine rings is 1. The molecule has 1 fully saturated rings. The van der Waals surface area contributed by atoms with Crippen molar-refractivity contribution in [2.24, 2.45) is 0 Å². The van der Waals surface area contributed by atoms with E-state index in [1.165, 1.54) is 5.69 Å². The van der Waals surface area contributed by atoms with Crippen molar-refractivity contribution in [3.63, 3.8) is 0 Å². The fourth-order valence-electron chi connectivity index (χ4n) is 5.32. The summed E-state index contributed by atoms with van der Waals surface area (Å²) in [6, 6.07) is 16.4. The number of ketones is 1. The summed E-state index contributed by atoms with van der Waals surface area (Å²) >= 11 is 0. The predicted octanol–water partition coefficient (Wildman–Crippen LogP) is 3.36. The molecule has 0 spiro atoms. The SMILES string of the molecule is CCC(Cc1ccc(C(C)C(=O)N(C)CCNC)cc1)(C(=O)c1ccc(N2CCN(C)CC2)cc1)N(C)C. The molecule has 0 saturated carbocycles. The second-order valence-electron chi connectivity index (χ2n) is 10.9. The van der Waals surface area contributed by atoms with E-state index in [1.54, 1.807) is 4.90 Å². The van der Waals surface area contributed by atoms with Crippen molar-refractivity contribution in [1.29, 1.82) is 0 Å². The smallest absolute Gasteiger partial charge is 0.229 e. The molecule has 7 heteroatoms. The van der Waals surface area contributed by atoms with Gasteiger partial charge in [0, 0.05) is 57.6 Å². The first-order chi connectivity index (χ1) is 18.1. The molecule has 38 heavy (non-hydrogen) atoms. The minimum atomic E-state index is -0.647. The molecular formula is C31H47N5O2. The Morgan fingerprint density at radius 3 is 2.11 bits per heavy atom. The van der Waals surface area contributed by atoms with Gasteiger partial charge in [-0.2, -0.15) is 0 Å². The van der Waals surface area contributed by atoms with E-state index in [0.717, 1.165) is 49.4 Å². The van der Waals surface area contributed by atoms with Gasteiger partial charge in [-0.05, 0) is 83.3 Å². The number of carbonyl (C=O) groups is 2. The number of Topliss-reactive ketones (excluding diaryl/α,β-unsaturated/α-hetero) is 1. The largest absolute Gasteiger partial charge is 0.369 e. The molecule has 7 nitrogen and oxygen atoms in total. The van der Waals surface area contributed by atoms with Gasteiger partial charge in [0.05, 0.1) is 11.5 Å². The average molecular weight is 522 g/mol. The zero-order valence-electron chi connectivity index (χ0n) is 24.5. The predicted molar refractivity (Wildman–Crippen MR) is 157 cm³/mol. The molecule has 1 aliphatic rings. The summed E-state index contributed by atoms with van der Waals surface area (Å²) < 4.78 is 0. The number of anilines is 1. The number of benzene rings is 2. The molecule has 2 aromatic carbocycles. The van der Waals surface area contributed by atoms with E-state index >= 15 is 0 Å². The highest BCUT2D eigenvalue weighted by molar-refractivity contribution is 6.03. The molecule has 3 rings (SSSR count). The maximum Gasteiger partial charge on any atom is 0.229 e. The van der Waals surface area contributed by atoms with Crippen LogP contribution in [0.4, 0.5) is 5.69 Å². The van der Waals surface area contributed by atoms with Crippen LogP contribution < -0.4 is 10.2 Å². The van der Waals surface area contributed by atoms with Gasteiger partial charge < -0.3 is 20.0 Å². The second kappa shape index (κ2) is 13.4. The summed E-state index contributed by atoms with van der Waals surface area (Å²) in [4.78, 5) is 35.4. The molecule has 208 valence electrons. The summed E-state index contributed by atoms with van der Waals surface area (Å²) in [6.07, 6.45) is 1.31. The normalized spacial score (nSPS) is 16.8. The first kappa shape index (κ1) is 29.8. The highest BCUT2D eigenvalue weighted by atomic mass is 16.2. The van der Waals surface area contributed by atoms with E-state index in [0.29, 0.717) is 19.4 Å². The van der Waals surface area contributed by atoms with Crippen LogP contribution in [0, 0.1) is 0 Å². The molecule has 1 aliphatic heterocycles. The summed E-state index contributed by atoms with van der Waals surface area (Å²) in [5, 5.41) is 3.09. The van der Waals surface area contributed by atoms with Crippen molar-refractivity contribution >= 4 is 17.4 Å². The van der Waals surface area contributed by atoms with E-state index < -0.39 is 5.54 Å². The van der Waals surface area contributed by atoms with Crippen LogP contribution in [0.3, 0.4) is 0 Å². The van der Waals surface area contributed by atoms with Gasteiger partial charge in [0.25, 0.3) is 0 Å². The fraction of sp³-hybridized carbons (Fsp3) is 0.548. The lowest BCUT2D eigenvalue weighted by atomic mass is 9.80. The minimum Gasteiger partial charge on any atom is -0.369 e. The van der Waals surface area contributed by atoms with Crippen LogP contribution in [0.5, 0.6) is 0 Å². The first-order valence-corrected chi connectivity index (χ1v) is 13.9. The molecule has 2 atom stereocenters. The lowest BCUT2D eigenvalue weighted by Gasteiger charge is -2.38. The van der Waals surface area contributed by atoms with Gasteiger partial charge in [-0.15, -0.1) is 0 Å². The zero-order valence-corrected chi connectivity index (χ0v) is 24.5. The standard InChI is InChI=1S/C31H47N5O2/c1-8-31(33(4)5,29(37)27-13-15-28(16-14-27)36-21-19-34(6)20-22-36)23-25-9-11-26(12-10-25)24(2)30(38)35(7)18-17-32-3/h9-16,24,32H,8,17-23H2,1-7H3. The monoisotopic (exact) mass is 521 g/mol. The first-order valence-electron chi connectivity index (χ1n) is 13.9. The molecule has 0 aromatic heterocycles. The van der Waals surface area contributed by atoms with Gasteiger partial charge in [0.1, 0.15) is 0 Å². The Balaban J connectivity index is 1.75. The fourth-order valence-corrected chi connectivity index (χ4v) is 5.32. The van der Waals surface area contributed by atoms with Gasteiger partial charge >= 0.3 is 0 Å². The van der Waals surface area contributed by atoms with Crippen LogP contribution in [0.1, 0.15) is 47.7 Å². The number of nitrogens with zero attached hydrogens (tertiary/aromatic N) is 4. The Hall–Kier alpha value is -2.74. The van der Waals surface area contributed by atoms with Gasteiger partial charge in [-0.3, -0.25) is 14.5 Å². The Morgan fingerprint density at radius 2 is 1.58 bits per heavy atom. The van der Waals surface area contributed by atoms with Crippen molar-refractivity contribution in [3.05, 3.63) is 65.2 Å². The summed E-state index contributed by atoms with van der Waals surface area (Å²) in [7, 11) is 9.88. The third-order valence-electron chi connectivity index (χ3n) is 8.28. The minimum absolute atomic E-state index is 0.111. The van der Waals surface area contributed by atoms with E-state index in [2.05, 4.69) is 58.3 Å². The molecule has 0 aliphatic carbocycles. The number of likely N-dealkylation sites (N-methyl/N-ethyl adjacent to an activating group) is 4. The number of nitrogens with one attached hydrogen (secondary N) is 1. The molecular weight excluding hydrogens is 474 g/mol. The molecule has 1 amide bonds.